The van der Waals surface area contributed by atoms with Crippen molar-refractivity contribution in [3.05, 3.63) is 59.2 Å². The van der Waals surface area contributed by atoms with E-state index in [1.165, 1.54) is 9.87 Å². The summed E-state index contributed by atoms with van der Waals surface area (Å²) in [5.74, 6) is -0.443. The number of nitrogens with zero attached hydrogens (tertiary/aromatic N) is 1. The zero-order valence-electron chi connectivity index (χ0n) is 19.3. The summed E-state index contributed by atoms with van der Waals surface area (Å²) in [6, 6.07) is 12.7. The van der Waals surface area contributed by atoms with Crippen LogP contribution in [-0.4, -0.2) is 43.7 Å². The summed E-state index contributed by atoms with van der Waals surface area (Å²) in [6.45, 7) is 0.662. The lowest BCUT2D eigenvalue weighted by atomic mass is 9.92. The van der Waals surface area contributed by atoms with Crippen molar-refractivity contribution in [2.75, 3.05) is 18.4 Å². The second-order valence-corrected chi connectivity index (χ2v) is 11.6. The standard InChI is InChI=1S/C26H31N3O4S/c30-25(28-23-10-11-23)19-5-8-22(9-6-19)27-26(31)20-13-15-29(16-14-20)34(32,33)24-12-7-18-3-1-2-4-21(18)17-24/h5-9,12,17,20,23H,1-4,10-11,13-16H2,(H,27,31)(H,28,30). The number of hydrogen-bond acceptors (Lipinski definition) is 4. The molecule has 34 heavy (non-hydrogen) atoms. The number of benzene rings is 2. The molecule has 2 aromatic rings. The maximum atomic E-state index is 13.2. The zero-order chi connectivity index (χ0) is 23.7. The predicted molar refractivity (Wildman–Crippen MR) is 130 cm³/mol. The van der Waals surface area contributed by atoms with Crippen LogP contribution in [0.2, 0.25) is 0 Å². The van der Waals surface area contributed by atoms with E-state index in [0.29, 0.717) is 48.1 Å². The quantitative estimate of drug-likeness (QED) is 0.660. The van der Waals surface area contributed by atoms with Gasteiger partial charge in [0.1, 0.15) is 0 Å². The number of hydrogen-bond donors (Lipinski definition) is 2. The van der Waals surface area contributed by atoms with Crippen LogP contribution in [0, 0.1) is 5.92 Å². The monoisotopic (exact) mass is 481 g/mol. The Labute approximate surface area is 201 Å². The van der Waals surface area contributed by atoms with Crippen molar-refractivity contribution in [2.24, 2.45) is 5.92 Å². The Morgan fingerprint density at radius 3 is 2.21 bits per heavy atom. The van der Waals surface area contributed by atoms with Gasteiger partial charge < -0.3 is 10.6 Å². The van der Waals surface area contributed by atoms with Crippen LogP contribution < -0.4 is 10.6 Å². The van der Waals surface area contributed by atoms with E-state index in [1.54, 1.807) is 30.3 Å². The van der Waals surface area contributed by atoms with Gasteiger partial charge in [0, 0.05) is 36.3 Å². The molecular formula is C26H31N3O4S. The van der Waals surface area contributed by atoms with E-state index < -0.39 is 10.0 Å². The molecule has 180 valence electrons. The Balaban J connectivity index is 1.16. The summed E-state index contributed by atoms with van der Waals surface area (Å²) < 4.78 is 27.9. The van der Waals surface area contributed by atoms with E-state index in [0.717, 1.165) is 44.1 Å². The van der Waals surface area contributed by atoms with Crippen LogP contribution in [-0.2, 0) is 27.7 Å². The van der Waals surface area contributed by atoms with Gasteiger partial charge in [-0.25, -0.2) is 8.42 Å². The minimum absolute atomic E-state index is 0.0899. The maximum absolute atomic E-state index is 13.2. The van der Waals surface area contributed by atoms with Crippen LogP contribution in [0.1, 0.15) is 60.0 Å². The first-order valence-electron chi connectivity index (χ1n) is 12.2. The van der Waals surface area contributed by atoms with E-state index in [-0.39, 0.29) is 17.7 Å². The summed E-state index contributed by atoms with van der Waals surface area (Å²) in [5.41, 5.74) is 3.62. The number of carbonyl (C=O) groups excluding carboxylic acids is 2. The van der Waals surface area contributed by atoms with Crippen molar-refractivity contribution < 1.29 is 18.0 Å². The second-order valence-electron chi connectivity index (χ2n) is 9.63. The molecule has 1 saturated carbocycles. The summed E-state index contributed by atoms with van der Waals surface area (Å²) in [6.07, 6.45) is 7.26. The van der Waals surface area contributed by atoms with Gasteiger partial charge in [-0.1, -0.05) is 6.07 Å². The fourth-order valence-corrected chi connectivity index (χ4v) is 6.34. The summed E-state index contributed by atoms with van der Waals surface area (Å²) in [5, 5.41) is 5.86. The molecule has 1 aliphatic heterocycles. The molecule has 0 bridgehead atoms. The van der Waals surface area contributed by atoms with Crippen LogP contribution >= 0.6 is 0 Å². The smallest absolute Gasteiger partial charge is 0.251 e. The van der Waals surface area contributed by atoms with Crippen molar-refractivity contribution >= 4 is 27.5 Å². The van der Waals surface area contributed by atoms with Crippen molar-refractivity contribution in [2.45, 2.75) is 62.3 Å². The highest BCUT2D eigenvalue weighted by molar-refractivity contribution is 7.89. The maximum Gasteiger partial charge on any atom is 0.251 e. The van der Waals surface area contributed by atoms with Gasteiger partial charge in [-0.05, 0) is 98.9 Å². The molecule has 7 nitrogen and oxygen atoms in total. The summed E-state index contributed by atoms with van der Waals surface area (Å²) in [4.78, 5) is 25.2. The topological polar surface area (TPSA) is 95.6 Å². The molecular weight excluding hydrogens is 450 g/mol. The summed E-state index contributed by atoms with van der Waals surface area (Å²) in [7, 11) is -3.56. The first kappa shape index (κ1) is 23.1. The number of anilines is 1. The van der Waals surface area contributed by atoms with E-state index in [2.05, 4.69) is 10.6 Å². The molecule has 2 fully saturated rings. The lowest BCUT2D eigenvalue weighted by molar-refractivity contribution is -0.120. The number of carbonyl (C=O) groups is 2. The SMILES string of the molecule is O=C(NC1CC1)c1ccc(NC(=O)C2CCN(S(=O)(=O)c3ccc4c(c3)CCCC4)CC2)cc1. The van der Waals surface area contributed by atoms with Gasteiger partial charge in [0.15, 0.2) is 0 Å². The molecule has 5 rings (SSSR count). The average molecular weight is 482 g/mol. The minimum Gasteiger partial charge on any atom is -0.349 e. The Morgan fingerprint density at radius 2 is 1.53 bits per heavy atom. The third-order valence-electron chi connectivity index (χ3n) is 7.11. The number of nitrogens with one attached hydrogen (secondary N) is 2. The van der Waals surface area contributed by atoms with E-state index in [9.17, 15) is 18.0 Å². The molecule has 0 unspecified atom stereocenters. The van der Waals surface area contributed by atoms with Crippen molar-refractivity contribution in [1.82, 2.24) is 9.62 Å². The lowest BCUT2D eigenvalue weighted by Crippen LogP contribution is -2.41. The van der Waals surface area contributed by atoms with Crippen molar-refractivity contribution in [3.63, 3.8) is 0 Å². The minimum atomic E-state index is -3.56. The van der Waals surface area contributed by atoms with Crippen LogP contribution in [0.5, 0.6) is 0 Å². The van der Waals surface area contributed by atoms with E-state index in [1.807, 2.05) is 12.1 Å². The first-order valence-corrected chi connectivity index (χ1v) is 13.7. The van der Waals surface area contributed by atoms with Crippen LogP contribution in [0.3, 0.4) is 0 Å². The highest BCUT2D eigenvalue weighted by Crippen LogP contribution is 2.28. The highest BCUT2D eigenvalue weighted by Gasteiger charge is 2.32. The van der Waals surface area contributed by atoms with Crippen molar-refractivity contribution in [3.8, 4) is 0 Å². The molecule has 3 aliphatic rings. The second kappa shape index (κ2) is 9.50. The third kappa shape index (κ3) is 5.03. The number of sulfonamides is 1. The molecule has 2 aromatic carbocycles. The third-order valence-corrected chi connectivity index (χ3v) is 9.00. The number of aryl methyl sites for hydroxylation is 2. The Bertz CT molecular complexity index is 1180. The van der Waals surface area contributed by atoms with Gasteiger partial charge in [0.05, 0.1) is 4.90 Å². The fourth-order valence-electron chi connectivity index (χ4n) is 4.82. The largest absolute Gasteiger partial charge is 0.349 e. The lowest BCUT2D eigenvalue weighted by Gasteiger charge is -2.31. The van der Waals surface area contributed by atoms with E-state index in [4.69, 9.17) is 0 Å². The van der Waals surface area contributed by atoms with Crippen LogP contribution in [0.4, 0.5) is 5.69 Å². The highest BCUT2D eigenvalue weighted by atomic mass is 32.2. The number of piperidine rings is 1. The summed E-state index contributed by atoms with van der Waals surface area (Å²) >= 11 is 0. The number of amides is 2. The Kier molecular flexibility index (Phi) is 6.44. The van der Waals surface area contributed by atoms with Gasteiger partial charge in [-0.2, -0.15) is 4.31 Å². The van der Waals surface area contributed by atoms with Gasteiger partial charge >= 0.3 is 0 Å². The number of fused-ring (bicyclic) bond motifs is 1. The molecule has 0 radical (unpaired) electrons. The Morgan fingerprint density at radius 1 is 0.853 bits per heavy atom. The Hall–Kier alpha value is -2.71. The molecule has 0 aromatic heterocycles. The first-order chi connectivity index (χ1) is 16.4. The molecule has 2 aliphatic carbocycles. The average Bonchev–Trinajstić information content (AvgIpc) is 3.68. The molecule has 0 spiro atoms. The molecule has 0 atom stereocenters. The number of rotatable bonds is 6. The molecule has 2 amide bonds. The van der Waals surface area contributed by atoms with Crippen LogP contribution in [0.15, 0.2) is 47.4 Å². The van der Waals surface area contributed by atoms with Crippen molar-refractivity contribution in [1.29, 1.82) is 0 Å². The van der Waals surface area contributed by atoms with Gasteiger partial charge in [-0.3, -0.25) is 9.59 Å². The molecule has 1 saturated heterocycles. The predicted octanol–water partition coefficient (Wildman–Crippen LogP) is 3.50. The molecule has 8 heteroatoms. The molecule has 1 heterocycles. The fraction of sp³-hybridized carbons (Fsp3) is 0.462. The van der Waals surface area contributed by atoms with Crippen LogP contribution in [0.25, 0.3) is 0 Å². The normalized spacial score (nSPS) is 19.3. The molecule has 2 N–H and O–H groups in total. The zero-order valence-corrected chi connectivity index (χ0v) is 20.1. The van der Waals surface area contributed by atoms with Gasteiger partial charge in [0.2, 0.25) is 15.9 Å². The van der Waals surface area contributed by atoms with Gasteiger partial charge in [0.25, 0.3) is 5.91 Å². The van der Waals surface area contributed by atoms with E-state index >= 15 is 0 Å². The van der Waals surface area contributed by atoms with Gasteiger partial charge in [-0.15, -0.1) is 0 Å².